The summed E-state index contributed by atoms with van der Waals surface area (Å²) in [4.78, 5) is 31.0. The Hall–Kier alpha value is -3.97. The first-order chi connectivity index (χ1) is 19.9. The molecule has 5 rings (SSSR count). The number of carbonyl (C=O) groups excluding carboxylic acids is 2. The van der Waals surface area contributed by atoms with Crippen LogP contribution in [0.1, 0.15) is 55.3 Å². The maximum absolute atomic E-state index is 14.7. The van der Waals surface area contributed by atoms with Gasteiger partial charge in [-0.3, -0.25) is 4.79 Å². The minimum Gasteiger partial charge on any atom is -0.494 e. The topological polar surface area (TPSA) is 82.9 Å². The summed E-state index contributed by atoms with van der Waals surface area (Å²) in [5.74, 6) is -1.27. The highest BCUT2D eigenvalue weighted by Crippen LogP contribution is 2.44. The lowest BCUT2D eigenvalue weighted by molar-refractivity contribution is 0.0242. The second-order valence-electron chi connectivity index (χ2n) is 12.0. The first-order valence-electron chi connectivity index (χ1n) is 13.9. The molecule has 2 aliphatic rings. The van der Waals surface area contributed by atoms with Gasteiger partial charge >= 0.3 is 6.09 Å². The van der Waals surface area contributed by atoms with Crippen molar-refractivity contribution in [1.82, 2.24) is 9.80 Å². The van der Waals surface area contributed by atoms with E-state index in [9.17, 15) is 18.4 Å². The molecule has 0 bridgehead atoms. The van der Waals surface area contributed by atoms with Gasteiger partial charge in [0.25, 0.3) is 5.91 Å². The van der Waals surface area contributed by atoms with Gasteiger partial charge in [0.15, 0.2) is 11.6 Å². The Balaban J connectivity index is 1.38. The molecule has 0 aliphatic carbocycles. The summed E-state index contributed by atoms with van der Waals surface area (Å²) in [5.41, 5.74) is 0.916. The van der Waals surface area contributed by atoms with Crippen LogP contribution in [0.4, 0.5) is 13.6 Å². The molecule has 0 unspecified atom stereocenters. The number of hydrogen-bond donors (Lipinski definition) is 0. The van der Waals surface area contributed by atoms with Crippen LogP contribution in [-0.4, -0.2) is 60.7 Å². The second kappa shape index (κ2) is 11.4. The third-order valence-electron chi connectivity index (χ3n) is 7.96. The highest BCUT2D eigenvalue weighted by atomic mass is 32.1. The molecule has 2 amide bonds. The van der Waals surface area contributed by atoms with E-state index in [2.05, 4.69) is 0 Å². The van der Waals surface area contributed by atoms with E-state index < -0.39 is 17.2 Å². The summed E-state index contributed by atoms with van der Waals surface area (Å²) < 4.78 is 39.9. The van der Waals surface area contributed by atoms with E-state index >= 15 is 0 Å². The zero-order valence-corrected chi connectivity index (χ0v) is 24.9. The fraction of sp³-hybridized carbons (Fsp3) is 0.406. The van der Waals surface area contributed by atoms with Crippen molar-refractivity contribution in [3.8, 4) is 33.4 Å². The van der Waals surface area contributed by atoms with Crippen molar-refractivity contribution >= 4 is 23.3 Å². The van der Waals surface area contributed by atoms with E-state index in [1.165, 1.54) is 42.7 Å². The Morgan fingerprint density at radius 3 is 2.19 bits per heavy atom. The van der Waals surface area contributed by atoms with Gasteiger partial charge in [-0.15, -0.1) is 11.3 Å². The van der Waals surface area contributed by atoms with E-state index in [-0.39, 0.29) is 28.7 Å². The number of rotatable bonds is 4. The number of ether oxygens (including phenoxy) is 2. The third-order valence-corrected chi connectivity index (χ3v) is 9.13. The van der Waals surface area contributed by atoms with Gasteiger partial charge in [-0.25, -0.2) is 13.6 Å². The number of methoxy groups -OCH3 is 1. The number of carbonyl (C=O) groups is 2. The van der Waals surface area contributed by atoms with Crippen molar-refractivity contribution in [2.24, 2.45) is 5.41 Å². The molecular formula is C32H33F2N3O4S. The Morgan fingerprint density at radius 1 is 0.952 bits per heavy atom. The minimum atomic E-state index is -0.667. The van der Waals surface area contributed by atoms with E-state index in [0.29, 0.717) is 52.6 Å². The number of piperidine rings is 1. The Labute approximate surface area is 248 Å². The molecule has 0 N–H and O–H groups in total. The first kappa shape index (κ1) is 29.5. The van der Waals surface area contributed by atoms with Crippen LogP contribution in [0.5, 0.6) is 5.75 Å². The number of likely N-dealkylation sites (tertiary alicyclic amines) is 2. The molecule has 0 radical (unpaired) electrons. The molecule has 2 saturated heterocycles. The maximum Gasteiger partial charge on any atom is 0.410 e. The molecule has 10 heteroatoms. The predicted octanol–water partition coefficient (Wildman–Crippen LogP) is 7.10. The quantitative estimate of drug-likeness (QED) is 0.322. The van der Waals surface area contributed by atoms with Crippen molar-refractivity contribution < 1.29 is 27.8 Å². The molecule has 7 nitrogen and oxygen atoms in total. The van der Waals surface area contributed by atoms with Crippen molar-refractivity contribution in [3.05, 3.63) is 64.5 Å². The minimum absolute atomic E-state index is 0.0416. The van der Waals surface area contributed by atoms with Crippen LogP contribution in [0.3, 0.4) is 0 Å². The largest absolute Gasteiger partial charge is 0.494 e. The lowest BCUT2D eigenvalue weighted by Crippen LogP contribution is -2.45. The number of benzene rings is 2. The standard InChI is InChI=1S/C32H33F2N3O4S/c1-31(2,3)41-30(39)37-14-11-32(19-37)9-12-36(13-10-32)29(38)27-17-23(20-5-6-22(18-35)24(33)15-20)28(42-27)21-7-8-26(40-4)25(34)16-21/h5-8,15-17H,9-14,19H2,1-4H3. The van der Waals surface area contributed by atoms with Gasteiger partial charge < -0.3 is 19.3 Å². The number of halogens is 2. The lowest BCUT2D eigenvalue weighted by atomic mass is 9.78. The van der Waals surface area contributed by atoms with Gasteiger partial charge in [-0.2, -0.15) is 5.26 Å². The van der Waals surface area contributed by atoms with Crippen molar-refractivity contribution in [3.63, 3.8) is 0 Å². The molecule has 1 aromatic heterocycles. The average molecular weight is 594 g/mol. The van der Waals surface area contributed by atoms with E-state index in [4.69, 9.17) is 14.7 Å². The van der Waals surface area contributed by atoms with E-state index in [0.717, 1.165) is 19.3 Å². The van der Waals surface area contributed by atoms with Crippen LogP contribution < -0.4 is 4.74 Å². The molecule has 1 spiro atoms. The summed E-state index contributed by atoms with van der Waals surface area (Å²) in [7, 11) is 1.38. The lowest BCUT2D eigenvalue weighted by Gasteiger charge is -2.39. The molecule has 2 fully saturated rings. The van der Waals surface area contributed by atoms with Gasteiger partial charge in [-0.1, -0.05) is 6.07 Å². The highest BCUT2D eigenvalue weighted by molar-refractivity contribution is 7.18. The van der Waals surface area contributed by atoms with Crippen LogP contribution >= 0.6 is 11.3 Å². The van der Waals surface area contributed by atoms with Crippen molar-refractivity contribution in [1.29, 1.82) is 5.26 Å². The summed E-state index contributed by atoms with van der Waals surface area (Å²) in [5, 5.41) is 9.16. The average Bonchev–Trinajstić information content (AvgIpc) is 3.58. The summed E-state index contributed by atoms with van der Waals surface area (Å²) in [6.45, 7) is 7.91. The van der Waals surface area contributed by atoms with E-state index in [1.54, 1.807) is 23.1 Å². The van der Waals surface area contributed by atoms with Crippen LogP contribution in [-0.2, 0) is 4.74 Å². The molecular weight excluding hydrogens is 560 g/mol. The van der Waals surface area contributed by atoms with Crippen molar-refractivity contribution in [2.45, 2.75) is 45.6 Å². The highest BCUT2D eigenvalue weighted by Gasteiger charge is 2.44. The fourth-order valence-corrected chi connectivity index (χ4v) is 6.82. The molecule has 2 aromatic carbocycles. The van der Waals surface area contributed by atoms with Gasteiger partial charge in [0.05, 0.1) is 17.6 Å². The van der Waals surface area contributed by atoms with Crippen LogP contribution in [0.15, 0.2) is 42.5 Å². The van der Waals surface area contributed by atoms with Crippen LogP contribution in [0.2, 0.25) is 0 Å². The zero-order valence-electron chi connectivity index (χ0n) is 24.1. The Morgan fingerprint density at radius 2 is 1.60 bits per heavy atom. The maximum atomic E-state index is 14.7. The number of thiophene rings is 1. The number of nitrogens with zero attached hydrogens (tertiary/aromatic N) is 3. The predicted molar refractivity (Wildman–Crippen MR) is 156 cm³/mol. The SMILES string of the molecule is COc1ccc(-c2sc(C(=O)N3CCC4(CCN(C(=O)OC(C)(C)C)C4)CC3)cc2-c2ccc(C#N)c(F)c2)cc1F. The number of nitriles is 1. The fourth-order valence-electron chi connectivity index (χ4n) is 5.67. The monoisotopic (exact) mass is 593 g/mol. The van der Waals surface area contributed by atoms with Gasteiger partial charge in [0.2, 0.25) is 0 Å². The van der Waals surface area contributed by atoms with Crippen LogP contribution in [0.25, 0.3) is 21.6 Å². The van der Waals surface area contributed by atoms with Crippen LogP contribution in [0, 0.1) is 28.4 Å². The Kier molecular flexibility index (Phi) is 7.99. The van der Waals surface area contributed by atoms with Gasteiger partial charge in [0.1, 0.15) is 17.5 Å². The summed E-state index contributed by atoms with van der Waals surface area (Å²) >= 11 is 1.22. The molecule has 2 aliphatic heterocycles. The summed E-state index contributed by atoms with van der Waals surface area (Å²) in [6, 6.07) is 12.4. The third kappa shape index (κ3) is 5.97. The normalized spacial score (nSPS) is 16.4. The molecule has 0 saturated carbocycles. The summed E-state index contributed by atoms with van der Waals surface area (Å²) in [6.07, 6.45) is 2.11. The number of hydrogen-bond acceptors (Lipinski definition) is 6. The zero-order chi connectivity index (χ0) is 30.2. The van der Waals surface area contributed by atoms with Gasteiger partial charge in [0, 0.05) is 36.6 Å². The second-order valence-corrected chi connectivity index (χ2v) is 13.0. The first-order valence-corrected chi connectivity index (χ1v) is 14.7. The smallest absolute Gasteiger partial charge is 0.410 e. The Bertz CT molecular complexity index is 1560. The van der Waals surface area contributed by atoms with Crippen molar-refractivity contribution in [2.75, 3.05) is 33.3 Å². The molecule has 42 heavy (non-hydrogen) atoms. The number of amides is 2. The van der Waals surface area contributed by atoms with E-state index in [1.807, 2.05) is 31.7 Å². The molecule has 3 aromatic rings. The van der Waals surface area contributed by atoms with Gasteiger partial charge in [-0.05, 0) is 93.0 Å². The molecule has 3 heterocycles. The molecule has 220 valence electrons. The molecule has 0 atom stereocenters.